The van der Waals surface area contributed by atoms with E-state index in [2.05, 4.69) is 4.98 Å². The van der Waals surface area contributed by atoms with Crippen LogP contribution in [0.1, 0.15) is 12.8 Å². The maximum Gasteiger partial charge on any atom is 0.319 e. The Kier molecular flexibility index (Phi) is 2.45. The van der Waals surface area contributed by atoms with Crippen molar-refractivity contribution in [3.05, 3.63) is 18.3 Å². The highest BCUT2D eigenvalue weighted by atomic mass is 16.5. The fourth-order valence-corrected chi connectivity index (χ4v) is 1.51. The molecule has 1 saturated carbocycles. The highest BCUT2D eigenvalue weighted by molar-refractivity contribution is 5.91. The number of amides is 2. The molecule has 0 radical (unpaired) electrons. The lowest BCUT2D eigenvalue weighted by molar-refractivity contribution is 0.253. The van der Waals surface area contributed by atoms with Gasteiger partial charge >= 0.3 is 6.03 Å². The van der Waals surface area contributed by atoms with Crippen molar-refractivity contribution in [1.29, 1.82) is 0 Å². The molecule has 80 valence electrons. The van der Waals surface area contributed by atoms with E-state index in [1.807, 2.05) is 0 Å². The summed E-state index contributed by atoms with van der Waals surface area (Å²) in [4.78, 5) is 16.8. The highest BCUT2D eigenvalue weighted by Gasteiger charge is 2.32. The van der Waals surface area contributed by atoms with Crippen molar-refractivity contribution >= 4 is 11.7 Å². The Balaban J connectivity index is 2.28. The number of nitrogens with two attached hydrogens (primary N) is 1. The maximum absolute atomic E-state index is 11.3. The molecule has 0 bridgehead atoms. The Hall–Kier alpha value is -1.78. The third-order valence-electron chi connectivity index (χ3n) is 2.36. The summed E-state index contributed by atoms with van der Waals surface area (Å²) in [7, 11) is 1.54. The first-order valence-electron chi connectivity index (χ1n) is 4.81. The summed E-state index contributed by atoms with van der Waals surface area (Å²) in [5.41, 5.74) is 6.07. The molecule has 1 fully saturated rings. The minimum absolute atomic E-state index is 0.245. The van der Waals surface area contributed by atoms with Crippen molar-refractivity contribution < 1.29 is 9.53 Å². The molecule has 1 aliphatic carbocycles. The van der Waals surface area contributed by atoms with Crippen LogP contribution in [0, 0.1) is 0 Å². The molecule has 2 N–H and O–H groups in total. The average Bonchev–Trinajstić information content (AvgIpc) is 3.02. The monoisotopic (exact) mass is 207 g/mol. The third-order valence-corrected chi connectivity index (χ3v) is 2.36. The van der Waals surface area contributed by atoms with Crippen LogP contribution >= 0.6 is 0 Å². The van der Waals surface area contributed by atoms with Crippen LogP contribution < -0.4 is 15.4 Å². The minimum Gasteiger partial charge on any atom is -0.481 e. The van der Waals surface area contributed by atoms with Gasteiger partial charge in [0.25, 0.3) is 0 Å². The molecule has 1 aromatic rings. The predicted octanol–water partition coefficient (Wildman–Crippen LogP) is 1.14. The molecule has 5 nitrogen and oxygen atoms in total. The van der Waals surface area contributed by atoms with Crippen molar-refractivity contribution in [2.75, 3.05) is 12.0 Å². The van der Waals surface area contributed by atoms with Crippen LogP contribution in [0.25, 0.3) is 0 Å². The predicted molar refractivity (Wildman–Crippen MR) is 55.9 cm³/mol. The van der Waals surface area contributed by atoms with Gasteiger partial charge in [-0.3, -0.25) is 4.90 Å². The van der Waals surface area contributed by atoms with Gasteiger partial charge in [-0.25, -0.2) is 9.78 Å². The number of hydrogen-bond donors (Lipinski definition) is 1. The van der Waals surface area contributed by atoms with E-state index < -0.39 is 6.03 Å². The average molecular weight is 207 g/mol. The van der Waals surface area contributed by atoms with Gasteiger partial charge in [-0.2, -0.15) is 0 Å². The van der Waals surface area contributed by atoms with E-state index in [9.17, 15) is 4.79 Å². The number of pyridine rings is 1. The van der Waals surface area contributed by atoms with Gasteiger partial charge in [0, 0.05) is 18.3 Å². The summed E-state index contributed by atoms with van der Waals surface area (Å²) in [6.45, 7) is 0. The first kappa shape index (κ1) is 9.76. The Morgan fingerprint density at radius 2 is 2.40 bits per heavy atom. The molecule has 0 saturated heterocycles. The zero-order valence-electron chi connectivity index (χ0n) is 8.51. The number of carbonyl (C=O) groups is 1. The lowest BCUT2D eigenvalue weighted by Crippen LogP contribution is -2.37. The van der Waals surface area contributed by atoms with Crippen LogP contribution in [0.4, 0.5) is 10.5 Å². The van der Waals surface area contributed by atoms with Gasteiger partial charge in [0.1, 0.15) is 0 Å². The van der Waals surface area contributed by atoms with Gasteiger partial charge in [-0.05, 0) is 18.9 Å². The molecule has 5 heteroatoms. The second-order valence-corrected chi connectivity index (χ2v) is 3.50. The number of anilines is 1. The van der Waals surface area contributed by atoms with Gasteiger partial charge in [0.15, 0.2) is 0 Å². The zero-order chi connectivity index (χ0) is 10.8. The number of aromatic nitrogens is 1. The van der Waals surface area contributed by atoms with E-state index in [4.69, 9.17) is 10.5 Å². The normalized spacial score (nSPS) is 14.7. The lowest BCUT2D eigenvalue weighted by Gasteiger charge is -2.19. The van der Waals surface area contributed by atoms with E-state index in [0.29, 0.717) is 5.88 Å². The molecule has 0 atom stereocenters. The molecular formula is C10H13N3O2. The SMILES string of the molecule is COc1cc(N(C(N)=O)C2CC2)ccn1. The smallest absolute Gasteiger partial charge is 0.319 e. The Labute approximate surface area is 87.8 Å². The van der Waals surface area contributed by atoms with Gasteiger partial charge in [0.2, 0.25) is 5.88 Å². The molecule has 1 heterocycles. The fraction of sp³-hybridized carbons (Fsp3) is 0.400. The molecule has 15 heavy (non-hydrogen) atoms. The second-order valence-electron chi connectivity index (χ2n) is 3.50. The van der Waals surface area contributed by atoms with E-state index in [0.717, 1.165) is 18.5 Å². The summed E-state index contributed by atoms with van der Waals surface area (Å²) in [5.74, 6) is 0.486. The van der Waals surface area contributed by atoms with E-state index in [1.165, 1.54) is 7.11 Å². The molecule has 2 amide bonds. The summed E-state index contributed by atoms with van der Waals surface area (Å²) in [5, 5.41) is 0. The molecular weight excluding hydrogens is 194 g/mol. The summed E-state index contributed by atoms with van der Waals surface area (Å²) in [6.07, 6.45) is 3.62. The zero-order valence-corrected chi connectivity index (χ0v) is 8.51. The second kappa shape index (κ2) is 3.76. The number of rotatable bonds is 3. The van der Waals surface area contributed by atoms with E-state index in [-0.39, 0.29) is 6.04 Å². The number of urea groups is 1. The number of primary amides is 1. The van der Waals surface area contributed by atoms with Crippen LogP contribution in [-0.2, 0) is 0 Å². The topological polar surface area (TPSA) is 68.5 Å². The minimum atomic E-state index is -0.425. The first-order chi connectivity index (χ1) is 7.22. The van der Waals surface area contributed by atoms with Crippen LogP contribution in [0.3, 0.4) is 0 Å². The molecule has 0 unspecified atom stereocenters. The number of ether oxygens (including phenoxy) is 1. The van der Waals surface area contributed by atoms with Crippen LogP contribution in [0.2, 0.25) is 0 Å². The molecule has 1 aliphatic rings. The van der Waals surface area contributed by atoms with Crippen LogP contribution in [0.5, 0.6) is 5.88 Å². The van der Waals surface area contributed by atoms with Crippen LogP contribution in [0.15, 0.2) is 18.3 Å². The van der Waals surface area contributed by atoms with Crippen molar-refractivity contribution in [2.24, 2.45) is 5.73 Å². The van der Waals surface area contributed by atoms with E-state index in [1.54, 1.807) is 23.2 Å². The van der Waals surface area contributed by atoms with Gasteiger partial charge in [-0.15, -0.1) is 0 Å². The number of hydrogen-bond acceptors (Lipinski definition) is 3. The van der Waals surface area contributed by atoms with Crippen molar-refractivity contribution in [3.8, 4) is 5.88 Å². The van der Waals surface area contributed by atoms with Crippen molar-refractivity contribution in [1.82, 2.24) is 4.98 Å². The van der Waals surface area contributed by atoms with Gasteiger partial charge in [0.05, 0.1) is 12.8 Å². The van der Waals surface area contributed by atoms with E-state index >= 15 is 0 Å². The quantitative estimate of drug-likeness (QED) is 0.808. The summed E-state index contributed by atoms with van der Waals surface area (Å²) < 4.78 is 5.00. The number of methoxy groups -OCH3 is 1. The lowest BCUT2D eigenvalue weighted by atomic mass is 10.3. The van der Waals surface area contributed by atoms with Crippen molar-refractivity contribution in [3.63, 3.8) is 0 Å². The largest absolute Gasteiger partial charge is 0.481 e. The Morgan fingerprint density at radius 3 is 2.93 bits per heavy atom. The number of nitrogens with zero attached hydrogens (tertiary/aromatic N) is 2. The molecule has 1 aromatic heterocycles. The summed E-state index contributed by atoms with van der Waals surface area (Å²) >= 11 is 0. The van der Waals surface area contributed by atoms with Gasteiger partial charge in [-0.1, -0.05) is 0 Å². The highest BCUT2D eigenvalue weighted by Crippen LogP contribution is 2.32. The number of carbonyl (C=O) groups excluding carboxylic acids is 1. The Morgan fingerprint density at radius 1 is 1.67 bits per heavy atom. The Bertz CT molecular complexity index is 377. The molecule has 2 rings (SSSR count). The fourth-order valence-electron chi connectivity index (χ4n) is 1.51. The first-order valence-corrected chi connectivity index (χ1v) is 4.81. The standard InChI is InChI=1S/C10H13N3O2/c1-15-9-6-8(4-5-12-9)13(10(11)14)7-2-3-7/h4-7H,2-3H2,1H3,(H2,11,14). The van der Waals surface area contributed by atoms with Crippen LogP contribution in [-0.4, -0.2) is 24.2 Å². The summed E-state index contributed by atoms with van der Waals surface area (Å²) in [6, 6.07) is 3.29. The molecule has 0 spiro atoms. The molecule has 0 aliphatic heterocycles. The molecule has 0 aromatic carbocycles. The maximum atomic E-state index is 11.3. The van der Waals surface area contributed by atoms with Crippen molar-refractivity contribution in [2.45, 2.75) is 18.9 Å². The van der Waals surface area contributed by atoms with Gasteiger partial charge < -0.3 is 10.5 Å². The third kappa shape index (κ3) is 2.01.